The first kappa shape index (κ1) is 13.4. The third-order valence-corrected chi connectivity index (χ3v) is 2.69. The van der Waals surface area contributed by atoms with Gasteiger partial charge < -0.3 is 24.6 Å². The molecule has 0 spiro atoms. The molecule has 84 valence electrons. The monoisotopic (exact) mass is 227 g/mol. The Labute approximate surface area is 81.7 Å². The number of ether oxygens (including phenoxy) is 1. The van der Waals surface area contributed by atoms with Gasteiger partial charge in [-0.1, -0.05) is 0 Å². The number of amides is 1. The maximum absolute atomic E-state index is 11.4. The van der Waals surface area contributed by atoms with E-state index in [1.54, 1.807) is 6.92 Å². The molecule has 1 unspecified atom stereocenters. The lowest BCUT2D eigenvalue weighted by Gasteiger charge is -2.14. The summed E-state index contributed by atoms with van der Waals surface area (Å²) >= 11 is 0. The van der Waals surface area contributed by atoms with Gasteiger partial charge in [0.2, 0.25) is 0 Å². The molecule has 0 aromatic heterocycles. The first-order valence-corrected chi connectivity index (χ1v) is 5.68. The number of hydrogen-bond acceptors (Lipinski definition) is 6. The van der Waals surface area contributed by atoms with E-state index in [4.69, 9.17) is 14.2 Å². The quantitative estimate of drug-likeness (QED) is 0.477. The zero-order valence-corrected chi connectivity index (χ0v) is 8.74. The molecule has 8 heteroatoms. The van der Waals surface area contributed by atoms with Crippen LogP contribution >= 0.6 is 7.60 Å². The maximum Gasteiger partial charge on any atom is 0.404 e. The van der Waals surface area contributed by atoms with Crippen molar-refractivity contribution in [3.05, 3.63) is 0 Å². The highest BCUT2D eigenvalue weighted by molar-refractivity contribution is 7.53. The lowest BCUT2D eigenvalue weighted by atomic mass is 10.8. The molecule has 0 heterocycles. The molecule has 0 aliphatic heterocycles. The van der Waals surface area contributed by atoms with Gasteiger partial charge in [0.15, 0.2) is 0 Å². The summed E-state index contributed by atoms with van der Waals surface area (Å²) in [5.41, 5.74) is 4.67. The van der Waals surface area contributed by atoms with Gasteiger partial charge >= 0.3 is 13.7 Å². The van der Waals surface area contributed by atoms with E-state index < -0.39 is 20.0 Å². The Kier molecular flexibility index (Phi) is 6.48. The molecule has 1 amide bonds. The zero-order valence-electron chi connectivity index (χ0n) is 7.84. The van der Waals surface area contributed by atoms with Gasteiger partial charge in [-0.05, 0) is 6.92 Å². The predicted octanol–water partition coefficient (Wildman–Crippen LogP) is 0.278. The van der Waals surface area contributed by atoms with E-state index >= 15 is 0 Å². The minimum absolute atomic E-state index is 0.133. The molecule has 0 rings (SSSR count). The fourth-order valence-electron chi connectivity index (χ4n) is 0.634. The zero-order chi connectivity index (χ0) is 11.0. The van der Waals surface area contributed by atoms with Crippen molar-refractivity contribution in [3.8, 4) is 0 Å². The summed E-state index contributed by atoms with van der Waals surface area (Å²) in [5, 5.41) is 8.68. The van der Waals surface area contributed by atoms with Crippen molar-refractivity contribution >= 4 is 13.7 Å². The number of aliphatic hydroxyl groups excluding tert-OH is 1. The highest BCUT2D eigenvalue weighted by Gasteiger charge is 2.22. The van der Waals surface area contributed by atoms with Gasteiger partial charge in [0.25, 0.3) is 0 Å². The van der Waals surface area contributed by atoms with Gasteiger partial charge in [0, 0.05) is 0 Å². The Morgan fingerprint density at radius 1 is 1.43 bits per heavy atom. The standard InChI is InChI=1S/C6H14NO6P/c1-2-12-14(10,5-8)13-4-3-11-6(7)9/h8H,2-5H2,1H3,(H2,7,9). The summed E-state index contributed by atoms with van der Waals surface area (Å²) < 4.78 is 25.1. The van der Waals surface area contributed by atoms with Crippen LogP contribution in [0.1, 0.15) is 6.92 Å². The Morgan fingerprint density at radius 3 is 2.50 bits per heavy atom. The third kappa shape index (κ3) is 5.93. The van der Waals surface area contributed by atoms with E-state index in [0.717, 1.165) is 0 Å². The van der Waals surface area contributed by atoms with Crippen molar-refractivity contribution in [2.24, 2.45) is 5.73 Å². The largest absolute Gasteiger partial charge is 0.447 e. The van der Waals surface area contributed by atoms with Gasteiger partial charge in [-0.2, -0.15) is 0 Å². The van der Waals surface area contributed by atoms with Crippen LogP contribution < -0.4 is 5.73 Å². The lowest BCUT2D eigenvalue weighted by Crippen LogP contribution is -2.16. The van der Waals surface area contributed by atoms with Crippen molar-refractivity contribution in [1.82, 2.24) is 0 Å². The van der Waals surface area contributed by atoms with E-state index in [0.29, 0.717) is 0 Å². The molecule has 0 aromatic rings. The fourth-order valence-corrected chi connectivity index (χ4v) is 1.62. The predicted molar refractivity (Wildman–Crippen MR) is 47.8 cm³/mol. The summed E-state index contributed by atoms with van der Waals surface area (Å²) in [6, 6.07) is 0. The van der Waals surface area contributed by atoms with Crippen LogP contribution in [0.25, 0.3) is 0 Å². The SMILES string of the molecule is CCOP(=O)(CO)OCCOC(N)=O. The average Bonchev–Trinajstić information content (AvgIpc) is 2.13. The number of carbonyl (C=O) groups excluding carboxylic acids is 1. The van der Waals surface area contributed by atoms with Crippen molar-refractivity contribution in [2.45, 2.75) is 6.92 Å². The van der Waals surface area contributed by atoms with E-state index in [-0.39, 0.29) is 19.8 Å². The minimum Gasteiger partial charge on any atom is -0.447 e. The van der Waals surface area contributed by atoms with Gasteiger partial charge in [0.1, 0.15) is 13.0 Å². The second-order valence-corrected chi connectivity index (χ2v) is 4.19. The second-order valence-electron chi connectivity index (χ2n) is 2.17. The van der Waals surface area contributed by atoms with Crippen LogP contribution in [-0.2, 0) is 18.3 Å². The van der Waals surface area contributed by atoms with Gasteiger partial charge in [-0.25, -0.2) is 4.79 Å². The molecular weight excluding hydrogens is 213 g/mol. The summed E-state index contributed by atoms with van der Waals surface area (Å²) in [7, 11) is -3.44. The van der Waals surface area contributed by atoms with Crippen molar-refractivity contribution in [3.63, 3.8) is 0 Å². The van der Waals surface area contributed by atoms with E-state index in [9.17, 15) is 9.36 Å². The molecule has 7 nitrogen and oxygen atoms in total. The summed E-state index contributed by atoms with van der Waals surface area (Å²) in [6.07, 6.45) is -1.65. The molecule has 0 saturated heterocycles. The van der Waals surface area contributed by atoms with E-state index in [1.165, 1.54) is 0 Å². The topological polar surface area (TPSA) is 108 Å². The molecule has 0 fully saturated rings. The number of nitrogens with two attached hydrogens (primary N) is 1. The van der Waals surface area contributed by atoms with E-state index in [1.807, 2.05) is 0 Å². The summed E-state index contributed by atoms with van der Waals surface area (Å²) in [4.78, 5) is 10.1. The second kappa shape index (κ2) is 6.78. The molecule has 0 saturated carbocycles. The lowest BCUT2D eigenvalue weighted by molar-refractivity contribution is 0.118. The molecule has 1 atom stereocenters. The van der Waals surface area contributed by atoms with Crippen LogP contribution in [0.3, 0.4) is 0 Å². The fraction of sp³-hybridized carbons (Fsp3) is 0.833. The number of primary amides is 1. The summed E-state index contributed by atoms with van der Waals surface area (Å²) in [5.74, 6) is 0. The van der Waals surface area contributed by atoms with Gasteiger partial charge in [-0.15, -0.1) is 0 Å². The number of hydrogen-bond donors (Lipinski definition) is 2. The Morgan fingerprint density at radius 2 is 2.07 bits per heavy atom. The Balaban J connectivity index is 3.73. The smallest absolute Gasteiger partial charge is 0.404 e. The van der Waals surface area contributed by atoms with Crippen LogP contribution in [0, 0.1) is 0 Å². The van der Waals surface area contributed by atoms with Crippen LogP contribution in [-0.4, -0.2) is 37.4 Å². The molecule has 0 radical (unpaired) electrons. The average molecular weight is 227 g/mol. The first-order valence-electron chi connectivity index (χ1n) is 3.95. The third-order valence-electron chi connectivity index (χ3n) is 1.11. The molecule has 14 heavy (non-hydrogen) atoms. The molecule has 0 bridgehead atoms. The van der Waals surface area contributed by atoms with Gasteiger partial charge in [-0.3, -0.25) is 4.57 Å². The Hall–Kier alpha value is -0.620. The number of aliphatic hydroxyl groups is 1. The number of carbonyl (C=O) groups is 1. The Bertz CT molecular complexity index is 220. The molecule has 3 N–H and O–H groups in total. The van der Waals surface area contributed by atoms with Crippen molar-refractivity contribution in [2.75, 3.05) is 26.2 Å². The maximum atomic E-state index is 11.4. The molecule has 0 aliphatic rings. The molecular formula is C6H14NO6P. The van der Waals surface area contributed by atoms with Gasteiger partial charge in [0.05, 0.1) is 13.2 Å². The minimum atomic E-state index is -3.44. The molecule has 0 aromatic carbocycles. The van der Waals surface area contributed by atoms with Crippen LogP contribution in [0.5, 0.6) is 0 Å². The first-order chi connectivity index (χ1) is 6.54. The normalized spacial score (nSPS) is 14.7. The van der Waals surface area contributed by atoms with Crippen LogP contribution in [0.2, 0.25) is 0 Å². The number of rotatable bonds is 7. The van der Waals surface area contributed by atoms with Crippen molar-refractivity contribution in [1.29, 1.82) is 0 Å². The van der Waals surface area contributed by atoms with Crippen LogP contribution in [0.4, 0.5) is 4.79 Å². The molecule has 0 aliphatic carbocycles. The summed E-state index contributed by atoms with van der Waals surface area (Å²) in [6.45, 7) is 1.51. The van der Waals surface area contributed by atoms with E-state index in [2.05, 4.69) is 10.5 Å². The highest BCUT2D eigenvalue weighted by atomic mass is 31.2. The van der Waals surface area contributed by atoms with Crippen molar-refractivity contribution < 1.29 is 28.3 Å². The highest BCUT2D eigenvalue weighted by Crippen LogP contribution is 2.46. The van der Waals surface area contributed by atoms with Crippen LogP contribution in [0.15, 0.2) is 0 Å².